The first kappa shape index (κ1) is 21.1. The minimum absolute atomic E-state index is 0.126. The van der Waals surface area contributed by atoms with E-state index in [1.165, 1.54) is 11.1 Å². The summed E-state index contributed by atoms with van der Waals surface area (Å²) >= 11 is 0. The molecule has 9 nitrogen and oxygen atoms in total. The predicted molar refractivity (Wildman–Crippen MR) is 112 cm³/mol. The third kappa shape index (κ3) is 4.47. The van der Waals surface area contributed by atoms with Crippen molar-refractivity contribution in [2.24, 2.45) is 0 Å². The van der Waals surface area contributed by atoms with E-state index < -0.39 is 17.7 Å². The quantitative estimate of drug-likeness (QED) is 0.735. The highest BCUT2D eigenvalue weighted by atomic mass is 19.1. The molecule has 1 aromatic carbocycles. The first-order valence-corrected chi connectivity index (χ1v) is 9.95. The molecule has 2 fully saturated rings. The number of halogens is 2. The first-order chi connectivity index (χ1) is 15.0. The maximum Gasteiger partial charge on any atom is 0.414 e. The zero-order valence-electron chi connectivity index (χ0n) is 17.1. The van der Waals surface area contributed by atoms with Crippen LogP contribution in [-0.2, 0) is 9.57 Å². The van der Waals surface area contributed by atoms with Gasteiger partial charge in [0.1, 0.15) is 11.8 Å². The molecule has 4 rings (SSSR count). The number of carbonyl (C=O) groups is 1. The van der Waals surface area contributed by atoms with E-state index in [1.807, 2.05) is 0 Å². The van der Waals surface area contributed by atoms with Crippen molar-refractivity contribution in [2.45, 2.75) is 6.10 Å². The van der Waals surface area contributed by atoms with Crippen LogP contribution in [0.25, 0.3) is 0 Å². The fraction of sp³-hybridized carbons (Fsp3) is 0.400. The Kier molecular flexibility index (Phi) is 6.05. The Bertz CT molecular complexity index is 922. The van der Waals surface area contributed by atoms with Gasteiger partial charge in [-0.1, -0.05) is 0 Å². The summed E-state index contributed by atoms with van der Waals surface area (Å²) in [6, 6.07) is 5.74. The Hall–Kier alpha value is -3.18. The minimum atomic E-state index is -0.751. The van der Waals surface area contributed by atoms with Crippen molar-refractivity contribution < 1.29 is 23.1 Å². The fourth-order valence-corrected chi connectivity index (χ4v) is 3.67. The summed E-state index contributed by atoms with van der Waals surface area (Å²) < 4.78 is 35.1. The molecule has 1 amide bonds. The van der Waals surface area contributed by atoms with Gasteiger partial charge in [-0.3, -0.25) is 9.74 Å². The van der Waals surface area contributed by atoms with Gasteiger partial charge < -0.3 is 20.7 Å². The summed E-state index contributed by atoms with van der Waals surface area (Å²) in [5.74, 6) is -0.936. The van der Waals surface area contributed by atoms with Crippen LogP contribution in [0.2, 0.25) is 0 Å². The van der Waals surface area contributed by atoms with Crippen molar-refractivity contribution in [1.82, 2.24) is 10.3 Å². The lowest BCUT2D eigenvalue weighted by Crippen LogP contribution is -2.32. The number of nitrogens with zero attached hydrogens (tertiary/aromatic N) is 4. The number of nitrogens with two attached hydrogens (primary N) is 1. The highest BCUT2D eigenvalue weighted by Crippen LogP contribution is 2.31. The van der Waals surface area contributed by atoms with Crippen molar-refractivity contribution in [1.29, 1.82) is 0 Å². The second-order valence-corrected chi connectivity index (χ2v) is 7.30. The number of hydrogen-bond acceptors (Lipinski definition) is 8. The van der Waals surface area contributed by atoms with Crippen LogP contribution in [-0.4, -0.2) is 63.6 Å². The second-order valence-electron chi connectivity index (χ2n) is 7.30. The average Bonchev–Trinajstić information content (AvgIpc) is 2.94. The van der Waals surface area contributed by atoms with E-state index >= 15 is 0 Å². The Labute approximate surface area is 178 Å². The lowest BCUT2D eigenvalue weighted by molar-refractivity contribution is 0.124. The number of likely N-dealkylation sites (N-methyl/N-ethyl adjacent to an activating group) is 1. The molecule has 0 aliphatic carbocycles. The number of nitrogen functional groups attached to an aromatic ring is 1. The summed E-state index contributed by atoms with van der Waals surface area (Å²) in [6.45, 7) is 1.85. The summed E-state index contributed by atoms with van der Waals surface area (Å²) in [5.41, 5.74) is 6.16. The van der Waals surface area contributed by atoms with Crippen LogP contribution >= 0.6 is 0 Å². The van der Waals surface area contributed by atoms with Gasteiger partial charge in [0.15, 0.2) is 17.5 Å². The molecule has 0 unspecified atom stereocenters. The lowest BCUT2D eigenvalue weighted by atomic mass is 10.2. The number of amides is 1. The van der Waals surface area contributed by atoms with E-state index in [1.54, 1.807) is 29.1 Å². The van der Waals surface area contributed by atoms with Gasteiger partial charge in [0, 0.05) is 31.8 Å². The Morgan fingerprint density at radius 3 is 2.68 bits per heavy atom. The molecular formula is C20H24F2N6O3. The van der Waals surface area contributed by atoms with E-state index in [0.29, 0.717) is 31.1 Å². The zero-order chi connectivity index (χ0) is 22.0. The van der Waals surface area contributed by atoms with Crippen LogP contribution in [0.1, 0.15) is 0 Å². The number of nitrogens with one attached hydrogen (secondary N) is 1. The Balaban J connectivity index is 1.50. The summed E-state index contributed by atoms with van der Waals surface area (Å²) in [4.78, 5) is 24.8. The van der Waals surface area contributed by atoms with Crippen molar-refractivity contribution in [3.05, 3.63) is 42.1 Å². The second kappa shape index (κ2) is 8.90. The molecule has 1 aromatic heterocycles. The Morgan fingerprint density at radius 2 is 2.00 bits per heavy atom. The largest absolute Gasteiger partial charge is 0.443 e. The number of ether oxygens (including phenoxy) is 1. The van der Waals surface area contributed by atoms with Gasteiger partial charge in [0.2, 0.25) is 0 Å². The van der Waals surface area contributed by atoms with Crippen LogP contribution in [0, 0.1) is 11.6 Å². The molecule has 2 saturated heterocycles. The smallest absolute Gasteiger partial charge is 0.414 e. The van der Waals surface area contributed by atoms with Crippen molar-refractivity contribution in [3.8, 4) is 0 Å². The molecule has 11 heteroatoms. The van der Waals surface area contributed by atoms with Crippen molar-refractivity contribution in [2.75, 3.05) is 67.0 Å². The maximum atomic E-state index is 15.0. The third-order valence-electron chi connectivity index (χ3n) is 5.14. The van der Waals surface area contributed by atoms with Crippen molar-refractivity contribution >= 4 is 29.0 Å². The number of anilines is 4. The van der Waals surface area contributed by atoms with Gasteiger partial charge in [-0.05, 0) is 19.2 Å². The lowest BCUT2D eigenvalue weighted by Gasteiger charge is -2.24. The monoisotopic (exact) mass is 434 g/mol. The van der Waals surface area contributed by atoms with Gasteiger partial charge in [0.05, 0.1) is 37.3 Å². The highest BCUT2D eigenvalue weighted by molar-refractivity contribution is 5.90. The number of benzene rings is 1. The third-order valence-corrected chi connectivity index (χ3v) is 5.14. The summed E-state index contributed by atoms with van der Waals surface area (Å²) in [6.07, 6.45) is 0.518. The van der Waals surface area contributed by atoms with E-state index in [4.69, 9.17) is 15.3 Å². The molecule has 3 heterocycles. The molecular weight excluding hydrogens is 410 g/mol. The van der Waals surface area contributed by atoms with Crippen LogP contribution in [0.3, 0.4) is 0 Å². The molecule has 2 aliphatic rings. The molecule has 0 saturated carbocycles. The van der Waals surface area contributed by atoms with Gasteiger partial charge in [0.25, 0.3) is 0 Å². The van der Waals surface area contributed by atoms with Crippen LogP contribution in [0.15, 0.2) is 30.5 Å². The topological polar surface area (TPSA) is 96.2 Å². The molecule has 3 N–H and O–H groups in total. The van der Waals surface area contributed by atoms with E-state index in [9.17, 15) is 13.6 Å². The maximum absolute atomic E-state index is 15.0. The molecule has 2 aromatic rings. The number of carbonyl (C=O) groups excluding carboxylic acids is 1. The standard InChI is InChI=1S/C20H24F2N6O3/c1-24-11-15-12-27(20(29)31-15)14-8-16(21)19(17(22)9-14)26-4-5-28(30-7-6-26)18-3-2-13(23)10-25-18/h2-3,8-10,15,24H,4-7,11-12,23H2,1H3/t15-/m0/s1. The van der Waals surface area contributed by atoms with Gasteiger partial charge >= 0.3 is 6.09 Å². The zero-order valence-corrected chi connectivity index (χ0v) is 17.1. The normalized spacial score (nSPS) is 19.5. The SMILES string of the molecule is CNC[C@H]1CN(c2cc(F)c(N3CCON(c4ccc(N)cn4)CC3)c(F)c2)C(=O)O1. The molecule has 166 valence electrons. The Morgan fingerprint density at radius 1 is 1.23 bits per heavy atom. The van der Waals surface area contributed by atoms with E-state index in [0.717, 1.165) is 12.1 Å². The number of cyclic esters (lactones) is 1. The first-order valence-electron chi connectivity index (χ1n) is 9.95. The van der Waals surface area contributed by atoms with Crippen LogP contribution in [0.5, 0.6) is 0 Å². The van der Waals surface area contributed by atoms with Crippen LogP contribution < -0.4 is 25.9 Å². The van der Waals surface area contributed by atoms with Crippen molar-refractivity contribution in [3.63, 3.8) is 0 Å². The van der Waals surface area contributed by atoms with Gasteiger partial charge in [-0.25, -0.2) is 23.6 Å². The predicted octanol–water partition coefficient (Wildman–Crippen LogP) is 1.74. The number of hydroxylamine groups is 1. The highest BCUT2D eigenvalue weighted by Gasteiger charge is 2.33. The number of hydrogen-bond donors (Lipinski definition) is 2. The molecule has 0 bridgehead atoms. The van der Waals surface area contributed by atoms with Crippen LogP contribution in [0.4, 0.5) is 36.5 Å². The van der Waals surface area contributed by atoms with Gasteiger partial charge in [-0.15, -0.1) is 0 Å². The number of rotatable bonds is 5. The fourth-order valence-electron chi connectivity index (χ4n) is 3.67. The molecule has 2 aliphatic heterocycles. The summed E-state index contributed by atoms with van der Waals surface area (Å²) in [7, 11) is 1.74. The summed E-state index contributed by atoms with van der Waals surface area (Å²) in [5, 5.41) is 4.49. The molecule has 0 spiro atoms. The van der Waals surface area contributed by atoms with Gasteiger partial charge in [-0.2, -0.15) is 0 Å². The van der Waals surface area contributed by atoms with E-state index in [2.05, 4.69) is 10.3 Å². The number of aromatic nitrogens is 1. The molecule has 1 atom stereocenters. The number of pyridine rings is 1. The average molecular weight is 434 g/mol. The molecule has 0 radical (unpaired) electrons. The van der Waals surface area contributed by atoms with E-state index in [-0.39, 0.29) is 37.2 Å². The minimum Gasteiger partial charge on any atom is -0.443 e. The molecule has 31 heavy (non-hydrogen) atoms.